The minimum atomic E-state index is -0.406. The molecule has 0 unspecified atom stereocenters. The van der Waals surface area contributed by atoms with Gasteiger partial charge in [-0.3, -0.25) is 10.1 Å². The Morgan fingerprint density at radius 2 is 1.79 bits per heavy atom. The fourth-order valence-electron chi connectivity index (χ4n) is 1.84. The van der Waals surface area contributed by atoms with E-state index >= 15 is 0 Å². The number of methoxy groups -OCH3 is 1. The number of ether oxygens (including phenoxy) is 1. The highest BCUT2D eigenvalue weighted by Gasteiger charge is 2.12. The molecular weight excluding hydrogens is 246 g/mol. The number of rotatable bonds is 3. The molecule has 0 aromatic heterocycles. The van der Waals surface area contributed by atoms with E-state index in [1.54, 1.807) is 31.2 Å². The number of phenols is 1. The van der Waals surface area contributed by atoms with Gasteiger partial charge in [-0.1, -0.05) is 18.2 Å². The smallest absolute Gasteiger partial charge is 0.272 e. The first-order valence-corrected chi connectivity index (χ1v) is 5.65. The fraction of sp³-hybridized carbons (Fsp3) is 0.143. The highest BCUT2D eigenvalue weighted by molar-refractivity contribution is 5.70. The van der Waals surface area contributed by atoms with Crippen LogP contribution in [-0.2, 0) is 0 Å². The Morgan fingerprint density at radius 1 is 1.16 bits per heavy atom. The Bertz CT molecular complexity index is 637. The van der Waals surface area contributed by atoms with Crippen LogP contribution in [0.1, 0.15) is 5.56 Å². The molecule has 5 nitrogen and oxygen atoms in total. The van der Waals surface area contributed by atoms with Crippen LogP contribution in [-0.4, -0.2) is 17.1 Å². The first kappa shape index (κ1) is 12.9. The van der Waals surface area contributed by atoms with Gasteiger partial charge in [0.15, 0.2) is 11.5 Å². The molecule has 2 aromatic carbocycles. The van der Waals surface area contributed by atoms with Crippen LogP contribution in [0.15, 0.2) is 36.4 Å². The van der Waals surface area contributed by atoms with E-state index in [0.29, 0.717) is 16.9 Å². The van der Waals surface area contributed by atoms with Crippen molar-refractivity contribution < 1.29 is 14.8 Å². The maximum atomic E-state index is 10.9. The summed E-state index contributed by atoms with van der Waals surface area (Å²) in [5, 5.41) is 20.5. The van der Waals surface area contributed by atoms with Crippen LogP contribution in [0.4, 0.5) is 5.69 Å². The zero-order valence-corrected chi connectivity index (χ0v) is 10.6. The molecule has 0 saturated carbocycles. The third kappa shape index (κ3) is 2.49. The van der Waals surface area contributed by atoms with Gasteiger partial charge in [-0.05, 0) is 30.2 Å². The van der Waals surface area contributed by atoms with Gasteiger partial charge in [-0.2, -0.15) is 0 Å². The maximum Gasteiger partial charge on any atom is 0.272 e. The van der Waals surface area contributed by atoms with Gasteiger partial charge in [0, 0.05) is 11.6 Å². The molecular formula is C14H13NO4. The van der Waals surface area contributed by atoms with E-state index in [4.69, 9.17) is 4.74 Å². The first-order valence-electron chi connectivity index (χ1n) is 5.65. The lowest BCUT2D eigenvalue weighted by Crippen LogP contribution is -1.92. The predicted molar refractivity (Wildman–Crippen MR) is 71.5 cm³/mol. The molecule has 0 atom stereocenters. The van der Waals surface area contributed by atoms with Gasteiger partial charge in [-0.25, -0.2) is 0 Å². The molecule has 0 aliphatic heterocycles. The van der Waals surface area contributed by atoms with Crippen molar-refractivity contribution in [1.29, 1.82) is 0 Å². The molecule has 1 N–H and O–H groups in total. The Balaban J connectivity index is 2.53. The molecule has 0 saturated heterocycles. The molecule has 98 valence electrons. The number of aryl methyl sites for hydroxylation is 1. The van der Waals surface area contributed by atoms with Crippen LogP contribution in [0.25, 0.3) is 11.1 Å². The lowest BCUT2D eigenvalue weighted by atomic mass is 10.0. The van der Waals surface area contributed by atoms with Crippen LogP contribution >= 0.6 is 0 Å². The van der Waals surface area contributed by atoms with Crippen LogP contribution in [0.5, 0.6) is 11.5 Å². The number of phenolic OH excluding ortho intramolecular Hbond substituents is 1. The molecule has 2 rings (SSSR count). The van der Waals surface area contributed by atoms with Crippen molar-refractivity contribution in [3.63, 3.8) is 0 Å². The molecule has 0 spiro atoms. The zero-order valence-electron chi connectivity index (χ0n) is 10.6. The molecule has 0 aliphatic rings. The number of benzene rings is 2. The largest absolute Gasteiger partial charge is 0.504 e. The number of nitrogens with zero attached hydrogens (tertiary/aromatic N) is 1. The molecule has 0 amide bonds. The van der Waals surface area contributed by atoms with Gasteiger partial charge in [-0.15, -0.1) is 0 Å². The van der Waals surface area contributed by atoms with Crippen LogP contribution < -0.4 is 4.74 Å². The van der Waals surface area contributed by atoms with Gasteiger partial charge in [0.25, 0.3) is 5.69 Å². The fourth-order valence-corrected chi connectivity index (χ4v) is 1.84. The zero-order chi connectivity index (χ0) is 14.0. The van der Waals surface area contributed by atoms with E-state index in [2.05, 4.69) is 0 Å². The Labute approximate surface area is 110 Å². The standard InChI is InChI=1S/C14H13NO4/c1-9-3-4-10(7-12(9)15(17)18)11-5-6-13(16)14(8-11)19-2/h3-8,16H,1-2H3. The summed E-state index contributed by atoms with van der Waals surface area (Å²) in [5.41, 5.74) is 2.14. The van der Waals surface area contributed by atoms with Gasteiger partial charge in [0.1, 0.15) is 0 Å². The molecule has 0 radical (unpaired) electrons. The van der Waals surface area contributed by atoms with Crippen molar-refractivity contribution in [3.8, 4) is 22.6 Å². The number of aromatic hydroxyl groups is 1. The Kier molecular flexibility index (Phi) is 3.37. The number of nitro groups is 1. The highest BCUT2D eigenvalue weighted by atomic mass is 16.6. The summed E-state index contributed by atoms with van der Waals surface area (Å²) in [4.78, 5) is 10.5. The molecule has 19 heavy (non-hydrogen) atoms. The van der Waals surface area contributed by atoms with Crippen molar-refractivity contribution in [3.05, 3.63) is 52.1 Å². The second kappa shape index (κ2) is 4.97. The predicted octanol–water partition coefficient (Wildman–Crippen LogP) is 3.28. The second-order valence-electron chi connectivity index (χ2n) is 4.15. The summed E-state index contributed by atoms with van der Waals surface area (Å²) >= 11 is 0. The van der Waals surface area contributed by atoms with Gasteiger partial charge in [0.2, 0.25) is 0 Å². The Hall–Kier alpha value is -2.56. The summed E-state index contributed by atoms with van der Waals surface area (Å²) in [7, 11) is 1.45. The number of nitro benzene ring substituents is 1. The third-order valence-electron chi connectivity index (χ3n) is 2.92. The minimum Gasteiger partial charge on any atom is -0.504 e. The lowest BCUT2D eigenvalue weighted by Gasteiger charge is -2.07. The van der Waals surface area contributed by atoms with E-state index in [9.17, 15) is 15.2 Å². The van der Waals surface area contributed by atoms with Gasteiger partial charge in [0.05, 0.1) is 12.0 Å². The van der Waals surface area contributed by atoms with Crippen molar-refractivity contribution in [2.45, 2.75) is 6.92 Å². The van der Waals surface area contributed by atoms with Crippen molar-refractivity contribution >= 4 is 5.69 Å². The average molecular weight is 259 g/mol. The summed E-state index contributed by atoms with van der Waals surface area (Å²) < 4.78 is 5.02. The van der Waals surface area contributed by atoms with Crippen LogP contribution in [0.3, 0.4) is 0 Å². The van der Waals surface area contributed by atoms with Crippen molar-refractivity contribution in [2.24, 2.45) is 0 Å². The van der Waals surface area contributed by atoms with Crippen LogP contribution in [0.2, 0.25) is 0 Å². The average Bonchev–Trinajstić information content (AvgIpc) is 2.39. The third-order valence-corrected chi connectivity index (χ3v) is 2.92. The molecule has 0 fully saturated rings. The van der Waals surface area contributed by atoms with E-state index in [1.807, 2.05) is 0 Å². The minimum absolute atomic E-state index is 0.0351. The first-order chi connectivity index (χ1) is 9.02. The molecule has 2 aromatic rings. The van der Waals surface area contributed by atoms with Crippen LogP contribution in [0, 0.1) is 17.0 Å². The van der Waals surface area contributed by atoms with E-state index in [1.165, 1.54) is 19.2 Å². The van der Waals surface area contributed by atoms with Gasteiger partial charge < -0.3 is 9.84 Å². The van der Waals surface area contributed by atoms with Gasteiger partial charge >= 0.3 is 0 Å². The summed E-state index contributed by atoms with van der Waals surface area (Å²) in [6.45, 7) is 1.69. The Morgan fingerprint density at radius 3 is 2.42 bits per heavy atom. The van der Waals surface area contributed by atoms with Crippen molar-refractivity contribution in [2.75, 3.05) is 7.11 Å². The summed E-state index contributed by atoms with van der Waals surface area (Å²) in [5.74, 6) is 0.369. The molecule has 0 heterocycles. The molecule has 0 bridgehead atoms. The maximum absolute atomic E-state index is 10.9. The molecule has 5 heteroatoms. The SMILES string of the molecule is COc1cc(-c2ccc(C)c([N+](=O)[O-])c2)ccc1O. The number of hydrogen-bond acceptors (Lipinski definition) is 4. The van der Waals surface area contributed by atoms with E-state index in [-0.39, 0.29) is 11.4 Å². The van der Waals surface area contributed by atoms with E-state index < -0.39 is 4.92 Å². The summed E-state index contributed by atoms with van der Waals surface area (Å²) in [6.07, 6.45) is 0. The monoisotopic (exact) mass is 259 g/mol. The number of hydrogen-bond donors (Lipinski definition) is 1. The quantitative estimate of drug-likeness (QED) is 0.678. The lowest BCUT2D eigenvalue weighted by molar-refractivity contribution is -0.385. The normalized spacial score (nSPS) is 10.2. The topological polar surface area (TPSA) is 72.6 Å². The highest BCUT2D eigenvalue weighted by Crippen LogP contribution is 2.33. The molecule has 0 aliphatic carbocycles. The summed E-state index contributed by atoms with van der Waals surface area (Å²) in [6, 6.07) is 9.85. The van der Waals surface area contributed by atoms with Crippen molar-refractivity contribution in [1.82, 2.24) is 0 Å². The van der Waals surface area contributed by atoms with E-state index in [0.717, 1.165) is 5.56 Å². The second-order valence-corrected chi connectivity index (χ2v) is 4.15.